The largest absolute Gasteiger partial charge is 0.365 e. The molecule has 1 aliphatic heterocycles. The van der Waals surface area contributed by atoms with Crippen molar-refractivity contribution in [2.45, 2.75) is 31.9 Å². The molecule has 0 bridgehead atoms. The van der Waals surface area contributed by atoms with Gasteiger partial charge >= 0.3 is 0 Å². The van der Waals surface area contributed by atoms with Gasteiger partial charge in [-0.15, -0.1) is 0 Å². The molecule has 1 aliphatic rings. The number of halogens is 2. The van der Waals surface area contributed by atoms with E-state index < -0.39 is 0 Å². The molecule has 1 atom stereocenters. The van der Waals surface area contributed by atoms with Crippen molar-refractivity contribution in [3.05, 3.63) is 33.8 Å². The molecule has 1 heterocycles. The quantitative estimate of drug-likeness (QED) is 0.850. The van der Waals surface area contributed by atoms with Crippen LogP contribution < -0.4 is 5.32 Å². The van der Waals surface area contributed by atoms with E-state index in [4.69, 9.17) is 23.2 Å². The van der Waals surface area contributed by atoms with Crippen LogP contribution in [0.5, 0.6) is 0 Å². The second-order valence-corrected chi connectivity index (χ2v) is 7.56. The lowest BCUT2D eigenvalue weighted by atomic mass is 10.1. The second kappa shape index (κ2) is 7.58. The molecule has 0 radical (unpaired) electrons. The van der Waals surface area contributed by atoms with Crippen LogP contribution in [0.15, 0.2) is 23.2 Å². The Kier molecular flexibility index (Phi) is 6.06. The summed E-state index contributed by atoms with van der Waals surface area (Å²) in [4.78, 5) is 4.55. The molecule has 1 N–H and O–H groups in total. The van der Waals surface area contributed by atoms with Gasteiger partial charge in [-0.1, -0.05) is 54.9 Å². The Bertz CT molecular complexity index is 489. The zero-order valence-electron chi connectivity index (χ0n) is 11.8. The number of nitrogens with zero attached hydrogens (tertiary/aromatic N) is 1. The molecule has 1 aromatic rings. The molecule has 0 aromatic heterocycles. The topological polar surface area (TPSA) is 24.4 Å². The molecule has 0 amide bonds. The van der Waals surface area contributed by atoms with E-state index in [2.05, 4.69) is 24.2 Å². The molecule has 0 saturated heterocycles. The Balaban J connectivity index is 1.74. The fraction of sp³-hybridized carbons (Fsp3) is 0.533. The van der Waals surface area contributed by atoms with E-state index in [0.29, 0.717) is 10.3 Å². The highest BCUT2D eigenvalue weighted by atomic mass is 35.5. The first-order valence-corrected chi connectivity index (χ1v) is 8.57. The Morgan fingerprint density at radius 3 is 2.90 bits per heavy atom. The van der Waals surface area contributed by atoms with Crippen LogP contribution in [0.1, 0.15) is 25.8 Å². The average Bonchev–Trinajstić information content (AvgIpc) is 2.79. The van der Waals surface area contributed by atoms with Gasteiger partial charge < -0.3 is 5.32 Å². The van der Waals surface area contributed by atoms with Crippen LogP contribution in [-0.4, -0.2) is 23.5 Å². The molecule has 0 saturated carbocycles. The second-order valence-electron chi connectivity index (χ2n) is 5.43. The van der Waals surface area contributed by atoms with Crippen molar-refractivity contribution >= 4 is 40.1 Å². The van der Waals surface area contributed by atoms with Gasteiger partial charge in [0.25, 0.3) is 0 Å². The van der Waals surface area contributed by atoms with E-state index in [0.717, 1.165) is 41.2 Å². The summed E-state index contributed by atoms with van der Waals surface area (Å²) in [6.07, 6.45) is 2.10. The van der Waals surface area contributed by atoms with Crippen molar-refractivity contribution in [1.29, 1.82) is 0 Å². The van der Waals surface area contributed by atoms with Gasteiger partial charge in [0.05, 0.1) is 6.54 Å². The molecule has 2 nitrogen and oxygen atoms in total. The molecule has 5 heteroatoms. The van der Waals surface area contributed by atoms with Gasteiger partial charge in [-0.25, -0.2) is 0 Å². The summed E-state index contributed by atoms with van der Waals surface area (Å²) in [7, 11) is 0. The average molecular weight is 331 g/mol. The zero-order chi connectivity index (χ0) is 14.5. The molecule has 20 heavy (non-hydrogen) atoms. The monoisotopic (exact) mass is 330 g/mol. The van der Waals surface area contributed by atoms with Gasteiger partial charge in [-0.2, -0.15) is 0 Å². The van der Waals surface area contributed by atoms with Gasteiger partial charge in [0.2, 0.25) is 0 Å². The number of thioether (sulfide) groups is 1. The Morgan fingerprint density at radius 2 is 2.20 bits per heavy atom. The predicted molar refractivity (Wildman–Crippen MR) is 91.3 cm³/mol. The number of amidine groups is 1. The number of aliphatic imine (C=N–C) groups is 1. The van der Waals surface area contributed by atoms with Crippen LogP contribution in [0.3, 0.4) is 0 Å². The van der Waals surface area contributed by atoms with Gasteiger partial charge in [0, 0.05) is 21.8 Å². The summed E-state index contributed by atoms with van der Waals surface area (Å²) in [6.45, 7) is 6.30. The molecule has 2 rings (SSSR count). The normalized spacial score (nSPS) is 18.4. The van der Waals surface area contributed by atoms with Crippen molar-refractivity contribution in [3.63, 3.8) is 0 Å². The highest BCUT2D eigenvalue weighted by Crippen LogP contribution is 2.25. The van der Waals surface area contributed by atoms with E-state index in [9.17, 15) is 0 Å². The molecule has 0 spiro atoms. The van der Waals surface area contributed by atoms with Crippen LogP contribution in [0.25, 0.3) is 0 Å². The number of hydrogen-bond acceptors (Lipinski definition) is 3. The fourth-order valence-electron chi connectivity index (χ4n) is 2.19. The summed E-state index contributed by atoms with van der Waals surface area (Å²) < 4.78 is 0. The number of hydrogen-bond donors (Lipinski definition) is 1. The third kappa shape index (κ3) is 4.87. The van der Waals surface area contributed by atoms with E-state index in [1.807, 2.05) is 23.9 Å². The van der Waals surface area contributed by atoms with Crippen molar-refractivity contribution < 1.29 is 0 Å². The van der Waals surface area contributed by atoms with Crippen molar-refractivity contribution in [2.24, 2.45) is 10.9 Å². The van der Waals surface area contributed by atoms with Crippen molar-refractivity contribution in [3.8, 4) is 0 Å². The first kappa shape index (κ1) is 16.0. The Morgan fingerprint density at radius 1 is 1.40 bits per heavy atom. The van der Waals surface area contributed by atoms with Crippen LogP contribution in [-0.2, 0) is 6.42 Å². The van der Waals surface area contributed by atoms with E-state index in [1.165, 1.54) is 6.42 Å². The van der Waals surface area contributed by atoms with Crippen LogP contribution in [0, 0.1) is 5.92 Å². The van der Waals surface area contributed by atoms with Crippen LogP contribution in [0.2, 0.25) is 10.0 Å². The summed E-state index contributed by atoms with van der Waals surface area (Å²) in [5, 5.41) is 6.52. The van der Waals surface area contributed by atoms with Gasteiger partial charge in [-0.05, 0) is 36.5 Å². The van der Waals surface area contributed by atoms with Crippen molar-refractivity contribution in [1.82, 2.24) is 5.32 Å². The maximum absolute atomic E-state index is 6.16. The van der Waals surface area contributed by atoms with Gasteiger partial charge in [0.15, 0.2) is 5.17 Å². The minimum absolute atomic E-state index is 0.636. The first-order chi connectivity index (χ1) is 9.54. The maximum Gasteiger partial charge on any atom is 0.156 e. The third-order valence-electron chi connectivity index (χ3n) is 3.14. The predicted octanol–water partition coefficient (Wildman–Crippen LogP) is 4.64. The Hall–Kier alpha value is -0.380. The molecule has 0 aliphatic carbocycles. The SMILES string of the molecule is CC(C)CC1CN=C(NCCc2ccc(Cl)cc2Cl)S1. The molecular formula is C15H20Cl2N2S. The highest BCUT2D eigenvalue weighted by Gasteiger charge is 2.20. The number of rotatable bonds is 5. The summed E-state index contributed by atoms with van der Waals surface area (Å²) >= 11 is 13.9. The molecular weight excluding hydrogens is 311 g/mol. The van der Waals surface area contributed by atoms with Gasteiger partial charge in [0.1, 0.15) is 0 Å². The number of benzene rings is 1. The Labute approximate surface area is 135 Å². The standard InChI is InChI=1S/C15H20Cl2N2S/c1-10(2)7-13-9-19-15(20-13)18-6-5-11-3-4-12(16)8-14(11)17/h3-4,8,10,13H,5-7,9H2,1-2H3,(H,18,19). The summed E-state index contributed by atoms with van der Waals surface area (Å²) in [5.41, 5.74) is 1.12. The molecule has 1 unspecified atom stereocenters. The fourth-order valence-corrected chi connectivity index (χ4v) is 3.98. The van der Waals surface area contributed by atoms with Gasteiger partial charge in [-0.3, -0.25) is 4.99 Å². The smallest absolute Gasteiger partial charge is 0.156 e. The van der Waals surface area contributed by atoms with Crippen LogP contribution in [0.4, 0.5) is 0 Å². The molecule has 0 fully saturated rings. The van der Waals surface area contributed by atoms with E-state index >= 15 is 0 Å². The molecule has 110 valence electrons. The third-order valence-corrected chi connectivity index (χ3v) is 4.90. The minimum Gasteiger partial charge on any atom is -0.365 e. The van der Waals surface area contributed by atoms with Crippen molar-refractivity contribution in [2.75, 3.05) is 13.1 Å². The lowest BCUT2D eigenvalue weighted by Gasteiger charge is -2.11. The highest BCUT2D eigenvalue weighted by molar-refractivity contribution is 8.14. The van der Waals surface area contributed by atoms with E-state index in [1.54, 1.807) is 6.07 Å². The maximum atomic E-state index is 6.16. The minimum atomic E-state index is 0.636. The van der Waals surface area contributed by atoms with E-state index in [-0.39, 0.29) is 0 Å². The lowest BCUT2D eigenvalue weighted by molar-refractivity contribution is 0.575. The lowest BCUT2D eigenvalue weighted by Crippen LogP contribution is -2.22. The number of nitrogens with one attached hydrogen (secondary N) is 1. The van der Waals surface area contributed by atoms with Crippen LogP contribution >= 0.6 is 35.0 Å². The summed E-state index contributed by atoms with van der Waals surface area (Å²) in [6, 6.07) is 5.65. The zero-order valence-corrected chi connectivity index (χ0v) is 14.2. The summed E-state index contributed by atoms with van der Waals surface area (Å²) in [5.74, 6) is 0.731. The molecule has 1 aromatic carbocycles. The first-order valence-electron chi connectivity index (χ1n) is 6.93.